The summed E-state index contributed by atoms with van der Waals surface area (Å²) in [7, 11) is 0. The molecule has 3 saturated carbocycles. The number of carbonyl (C=O) groups is 2. The SMILES string of the molecule is CCOC(=O)CCCCN(C(=O)OC(C)(C)C)[C@H]1CC[C@@]2(C)C(=CC[C@H]3[C@@H]4CC[C@H]([C@H](C)CCCC(C)C)[C@@]4(C)CC[C@@H]32)C1. The van der Waals surface area contributed by atoms with Gasteiger partial charge in [-0.05, 0) is 138 Å². The smallest absolute Gasteiger partial charge is 0.410 e. The van der Waals surface area contributed by atoms with E-state index in [9.17, 15) is 9.59 Å². The largest absolute Gasteiger partial charge is 0.466 e. The zero-order valence-electron chi connectivity index (χ0n) is 30.0. The quantitative estimate of drug-likeness (QED) is 0.125. The number of hydrogen-bond donors (Lipinski definition) is 0. The summed E-state index contributed by atoms with van der Waals surface area (Å²) < 4.78 is 11.0. The van der Waals surface area contributed by atoms with Crippen molar-refractivity contribution in [3.05, 3.63) is 11.6 Å². The lowest BCUT2D eigenvalue weighted by atomic mass is 9.46. The van der Waals surface area contributed by atoms with Crippen molar-refractivity contribution in [3.8, 4) is 0 Å². The Kier molecular flexibility index (Phi) is 11.6. The third-order valence-corrected chi connectivity index (χ3v) is 12.7. The standard InChI is InChI=1S/C39H67NO4/c1-10-43-35(41)16-11-12-25-40(36(42)44-37(5,6)7)30-21-23-38(8)29(26-30)17-18-31-33-20-19-32(28(4)15-13-14-27(2)3)39(33,9)24-22-34(31)38/h17,27-28,30-34H,10-16,18-26H2,1-9H3/t28-,30+,31+,32-,33+,34+,38+,39-/m1/s1. The highest BCUT2D eigenvalue weighted by atomic mass is 16.6. The Morgan fingerprint density at radius 1 is 0.977 bits per heavy atom. The molecular weight excluding hydrogens is 546 g/mol. The molecule has 0 aliphatic heterocycles. The molecule has 1 amide bonds. The maximum absolute atomic E-state index is 13.5. The van der Waals surface area contributed by atoms with Crippen LogP contribution >= 0.6 is 0 Å². The summed E-state index contributed by atoms with van der Waals surface area (Å²) in [5.74, 6) is 4.86. The lowest BCUT2D eigenvalue weighted by Crippen LogP contribution is -2.53. The van der Waals surface area contributed by atoms with Gasteiger partial charge in [0.1, 0.15) is 5.60 Å². The molecule has 5 nitrogen and oxygen atoms in total. The van der Waals surface area contributed by atoms with E-state index in [4.69, 9.17) is 9.47 Å². The van der Waals surface area contributed by atoms with E-state index < -0.39 is 5.60 Å². The molecule has 0 unspecified atom stereocenters. The highest BCUT2D eigenvalue weighted by Crippen LogP contribution is 2.67. The van der Waals surface area contributed by atoms with Crippen molar-refractivity contribution >= 4 is 12.1 Å². The molecule has 3 fully saturated rings. The molecule has 0 saturated heterocycles. The molecule has 252 valence electrons. The molecule has 0 aromatic heterocycles. The minimum atomic E-state index is -0.527. The zero-order valence-corrected chi connectivity index (χ0v) is 30.0. The van der Waals surface area contributed by atoms with E-state index in [0.29, 0.717) is 25.0 Å². The Bertz CT molecular complexity index is 1010. The fourth-order valence-corrected chi connectivity index (χ4v) is 10.5. The zero-order chi connectivity index (χ0) is 32.3. The molecule has 0 aromatic carbocycles. The van der Waals surface area contributed by atoms with Gasteiger partial charge in [-0.2, -0.15) is 0 Å². The summed E-state index contributed by atoms with van der Waals surface area (Å²) in [4.78, 5) is 27.4. The predicted molar refractivity (Wildman–Crippen MR) is 180 cm³/mol. The summed E-state index contributed by atoms with van der Waals surface area (Å²) in [6.45, 7) is 21.3. The Balaban J connectivity index is 1.44. The van der Waals surface area contributed by atoms with Gasteiger partial charge in [-0.15, -0.1) is 0 Å². The third-order valence-electron chi connectivity index (χ3n) is 12.7. The first-order valence-corrected chi connectivity index (χ1v) is 18.5. The first-order valence-electron chi connectivity index (χ1n) is 18.5. The first kappa shape index (κ1) is 35.3. The molecule has 0 N–H and O–H groups in total. The van der Waals surface area contributed by atoms with Crippen molar-refractivity contribution in [2.24, 2.45) is 46.3 Å². The van der Waals surface area contributed by atoms with Crippen LogP contribution in [0.15, 0.2) is 11.6 Å². The van der Waals surface area contributed by atoms with Gasteiger partial charge in [-0.25, -0.2) is 4.79 Å². The lowest BCUT2D eigenvalue weighted by Gasteiger charge is -2.59. The van der Waals surface area contributed by atoms with Crippen molar-refractivity contribution < 1.29 is 19.1 Å². The van der Waals surface area contributed by atoms with E-state index in [2.05, 4.69) is 40.7 Å². The van der Waals surface area contributed by atoms with Gasteiger partial charge < -0.3 is 14.4 Å². The van der Waals surface area contributed by atoms with E-state index >= 15 is 0 Å². The van der Waals surface area contributed by atoms with Crippen LogP contribution in [0.5, 0.6) is 0 Å². The number of carbonyl (C=O) groups excluding carboxylic acids is 2. The fraction of sp³-hybridized carbons (Fsp3) is 0.897. The van der Waals surface area contributed by atoms with Gasteiger partial charge in [0.05, 0.1) is 6.61 Å². The van der Waals surface area contributed by atoms with Gasteiger partial charge in [0, 0.05) is 19.0 Å². The first-order chi connectivity index (χ1) is 20.7. The average Bonchev–Trinajstić information content (AvgIpc) is 3.29. The Hall–Kier alpha value is -1.52. The van der Waals surface area contributed by atoms with Gasteiger partial charge >= 0.3 is 12.1 Å². The molecule has 4 aliphatic rings. The Morgan fingerprint density at radius 3 is 2.41 bits per heavy atom. The number of rotatable bonds is 12. The molecule has 4 rings (SSSR count). The molecular formula is C39H67NO4. The average molecular weight is 614 g/mol. The number of esters is 1. The number of fused-ring (bicyclic) bond motifs is 5. The molecule has 0 bridgehead atoms. The fourth-order valence-electron chi connectivity index (χ4n) is 10.5. The second-order valence-electron chi connectivity index (χ2n) is 17.1. The van der Waals surface area contributed by atoms with Gasteiger partial charge in [0.2, 0.25) is 0 Å². The van der Waals surface area contributed by atoms with Crippen LogP contribution in [-0.4, -0.2) is 41.8 Å². The minimum Gasteiger partial charge on any atom is -0.466 e. The van der Waals surface area contributed by atoms with Gasteiger partial charge in [0.15, 0.2) is 0 Å². The van der Waals surface area contributed by atoms with Crippen LogP contribution in [-0.2, 0) is 14.3 Å². The van der Waals surface area contributed by atoms with Gasteiger partial charge in [0.25, 0.3) is 0 Å². The van der Waals surface area contributed by atoms with Crippen LogP contribution in [0.2, 0.25) is 0 Å². The number of amides is 1. The van der Waals surface area contributed by atoms with Crippen LogP contribution in [0.25, 0.3) is 0 Å². The molecule has 0 heterocycles. The second-order valence-corrected chi connectivity index (χ2v) is 17.1. The van der Waals surface area contributed by atoms with Crippen molar-refractivity contribution in [1.82, 2.24) is 4.90 Å². The normalized spacial score (nSPS) is 34.0. The molecule has 4 aliphatic carbocycles. The predicted octanol–water partition coefficient (Wildman–Crippen LogP) is 10.4. The summed E-state index contributed by atoms with van der Waals surface area (Å²) in [5, 5.41) is 0. The van der Waals surface area contributed by atoms with Crippen LogP contribution < -0.4 is 0 Å². The topological polar surface area (TPSA) is 55.8 Å². The maximum Gasteiger partial charge on any atom is 0.410 e. The lowest BCUT2D eigenvalue weighted by molar-refractivity contribution is -0.143. The van der Waals surface area contributed by atoms with Crippen molar-refractivity contribution in [2.75, 3.05) is 13.2 Å². The number of ether oxygens (including phenoxy) is 2. The van der Waals surface area contributed by atoms with Crippen LogP contribution in [0.3, 0.4) is 0 Å². The Labute approximate surface area is 270 Å². The van der Waals surface area contributed by atoms with E-state index in [1.807, 2.05) is 32.6 Å². The Morgan fingerprint density at radius 2 is 1.73 bits per heavy atom. The van der Waals surface area contributed by atoms with Crippen molar-refractivity contribution in [1.29, 1.82) is 0 Å². The van der Waals surface area contributed by atoms with Crippen molar-refractivity contribution in [2.45, 2.75) is 164 Å². The maximum atomic E-state index is 13.5. The molecule has 0 radical (unpaired) electrons. The number of allylic oxidation sites excluding steroid dienone is 1. The van der Waals surface area contributed by atoms with Gasteiger partial charge in [-0.1, -0.05) is 65.5 Å². The summed E-state index contributed by atoms with van der Waals surface area (Å²) in [5.41, 5.74) is 1.84. The van der Waals surface area contributed by atoms with Crippen LogP contribution in [0.1, 0.15) is 152 Å². The van der Waals surface area contributed by atoms with Crippen molar-refractivity contribution in [3.63, 3.8) is 0 Å². The van der Waals surface area contributed by atoms with E-state index in [1.165, 1.54) is 51.4 Å². The number of hydrogen-bond acceptors (Lipinski definition) is 4. The number of nitrogens with zero attached hydrogens (tertiary/aromatic N) is 1. The third kappa shape index (κ3) is 7.88. The monoisotopic (exact) mass is 614 g/mol. The van der Waals surface area contributed by atoms with E-state index in [-0.39, 0.29) is 23.5 Å². The summed E-state index contributed by atoms with van der Waals surface area (Å²) >= 11 is 0. The summed E-state index contributed by atoms with van der Waals surface area (Å²) in [6.07, 6.45) is 18.5. The number of unbranched alkanes of at least 4 members (excludes halogenated alkanes) is 1. The highest BCUT2D eigenvalue weighted by molar-refractivity contribution is 5.69. The van der Waals surface area contributed by atoms with Crippen LogP contribution in [0.4, 0.5) is 4.79 Å². The van der Waals surface area contributed by atoms with E-state index in [0.717, 1.165) is 67.6 Å². The second kappa shape index (κ2) is 14.5. The van der Waals surface area contributed by atoms with Gasteiger partial charge in [-0.3, -0.25) is 4.79 Å². The minimum absolute atomic E-state index is 0.149. The summed E-state index contributed by atoms with van der Waals surface area (Å²) in [6, 6.07) is 0.166. The van der Waals surface area contributed by atoms with Crippen LogP contribution in [0, 0.1) is 46.3 Å². The van der Waals surface area contributed by atoms with E-state index in [1.54, 1.807) is 5.57 Å². The molecule has 0 spiro atoms. The molecule has 44 heavy (non-hydrogen) atoms. The molecule has 5 heteroatoms. The highest BCUT2D eigenvalue weighted by Gasteiger charge is 2.59. The molecule has 0 aromatic rings. The molecule has 8 atom stereocenters.